The van der Waals surface area contributed by atoms with Crippen LogP contribution in [-0.2, 0) is 16.5 Å². The molecule has 1 aromatic rings. The van der Waals surface area contributed by atoms with Crippen molar-refractivity contribution in [3.05, 3.63) is 36.2 Å². The van der Waals surface area contributed by atoms with E-state index in [1.54, 1.807) is 22.6 Å². The first-order valence-electron chi connectivity index (χ1n) is 6.57. The average Bonchev–Trinajstić information content (AvgIpc) is 2.86. The molecular formula is C14H18N2O5. The summed E-state index contributed by atoms with van der Waals surface area (Å²) < 4.78 is 12.0. The third-order valence-electron chi connectivity index (χ3n) is 3.41. The fraction of sp³-hybridized carbons (Fsp3) is 0.429. The first kappa shape index (κ1) is 15.1. The van der Waals surface area contributed by atoms with Crippen molar-refractivity contribution in [3.63, 3.8) is 0 Å². The van der Waals surface area contributed by atoms with Crippen molar-refractivity contribution in [2.45, 2.75) is 6.04 Å². The summed E-state index contributed by atoms with van der Waals surface area (Å²) in [6.07, 6.45) is 1.04. The quantitative estimate of drug-likeness (QED) is 0.849. The van der Waals surface area contributed by atoms with Gasteiger partial charge in [-0.2, -0.15) is 0 Å². The number of carbonyl (C=O) groups is 2. The van der Waals surface area contributed by atoms with Crippen molar-refractivity contribution in [3.8, 4) is 0 Å². The number of nitrogens with zero attached hydrogens (tertiary/aromatic N) is 2. The van der Waals surface area contributed by atoms with Gasteiger partial charge in [0.05, 0.1) is 19.3 Å². The van der Waals surface area contributed by atoms with Crippen molar-refractivity contribution < 1.29 is 24.2 Å². The van der Waals surface area contributed by atoms with E-state index in [1.165, 1.54) is 12.1 Å². The number of carboxylic acid groups (broad SMARTS) is 1. The number of carboxylic acids is 1. The number of hydrogen-bond donors (Lipinski definition) is 1. The molecule has 114 valence electrons. The molecule has 1 N–H and O–H groups in total. The highest BCUT2D eigenvalue weighted by Gasteiger charge is 2.32. The SMILES string of the molecule is C=CCOC(=O)N1CCOCC1c1ccc(C(=O)O)n1C. The minimum Gasteiger partial charge on any atom is -0.477 e. The van der Waals surface area contributed by atoms with E-state index < -0.39 is 12.1 Å². The summed E-state index contributed by atoms with van der Waals surface area (Å²) in [6, 6.07) is 2.84. The van der Waals surface area contributed by atoms with Gasteiger partial charge >= 0.3 is 12.1 Å². The van der Waals surface area contributed by atoms with Crippen LogP contribution in [0.15, 0.2) is 24.8 Å². The Hall–Kier alpha value is -2.28. The summed E-state index contributed by atoms with van der Waals surface area (Å²) in [7, 11) is 1.65. The van der Waals surface area contributed by atoms with Gasteiger partial charge in [0.15, 0.2) is 0 Å². The van der Waals surface area contributed by atoms with Gasteiger partial charge in [-0.15, -0.1) is 0 Å². The lowest BCUT2D eigenvalue weighted by atomic mass is 10.1. The van der Waals surface area contributed by atoms with Crippen molar-refractivity contribution in [2.75, 3.05) is 26.4 Å². The first-order valence-corrected chi connectivity index (χ1v) is 6.57. The number of rotatable bonds is 4. The van der Waals surface area contributed by atoms with Gasteiger partial charge in [-0.05, 0) is 12.1 Å². The highest BCUT2D eigenvalue weighted by atomic mass is 16.6. The van der Waals surface area contributed by atoms with E-state index in [0.717, 1.165) is 0 Å². The molecule has 21 heavy (non-hydrogen) atoms. The van der Waals surface area contributed by atoms with Gasteiger partial charge in [0.2, 0.25) is 0 Å². The number of carbonyl (C=O) groups excluding carboxylic acids is 1. The summed E-state index contributed by atoms with van der Waals surface area (Å²) in [6.45, 7) is 4.77. The molecule has 7 heteroatoms. The van der Waals surface area contributed by atoms with E-state index >= 15 is 0 Å². The molecule has 1 saturated heterocycles. The van der Waals surface area contributed by atoms with Gasteiger partial charge < -0.3 is 19.1 Å². The highest BCUT2D eigenvalue weighted by Crippen LogP contribution is 2.26. The second-order valence-corrected chi connectivity index (χ2v) is 4.66. The van der Waals surface area contributed by atoms with E-state index in [9.17, 15) is 9.59 Å². The fourth-order valence-corrected chi connectivity index (χ4v) is 2.36. The molecule has 0 spiro atoms. The van der Waals surface area contributed by atoms with Crippen LogP contribution >= 0.6 is 0 Å². The predicted molar refractivity (Wildman–Crippen MR) is 74.2 cm³/mol. The summed E-state index contributed by atoms with van der Waals surface area (Å²) >= 11 is 0. The molecule has 0 radical (unpaired) electrons. The van der Waals surface area contributed by atoms with E-state index in [4.69, 9.17) is 14.6 Å². The number of morpholine rings is 1. The number of aromatic nitrogens is 1. The second-order valence-electron chi connectivity index (χ2n) is 4.66. The van der Waals surface area contributed by atoms with E-state index in [2.05, 4.69) is 6.58 Å². The molecule has 1 aliphatic rings. The van der Waals surface area contributed by atoms with Gasteiger partial charge in [-0.1, -0.05) is 12.7 Å². The van der Waals surface area contributed by atoms with Gasteiger partial charge in [0, 0.05) is 19.3 Å². The monoisotopic (exact) mass is 294 g/mol. The third-order valence-corrected chi connectivity index (χ3v) is 3.41. The zero-order valence-corrected chi connectivity index (χ0v) is 11.8. The predicted octanol–water partition coefficient (Wildman–Crippen LogP) is 1.42. The maximum absolute atomic E-state index is 12.1. The molecule has 0 aliphatic carbocycles. The van der Waals surface area contributed by atoms with Gasteiger partial charge in [0.25, 0.3) is 0 Å². The Morgan fingerprint density at radius 3 is 2.95 bits per heavy atom. The molecule has 1 atom stereocenters. The van der Waals surface area contributed by atoms with Crippen LogP contribution in [0.2, 0.25) is 0 Å². The van der Waals surface area contributed by atoms with Crippen molar-refractivity contribution in [1.29, 1.82) is 0 Å². The summed E-state index contributed by atoms with van der Waals surface area (Å²) in [5, 5.41) is 9.10. The topological polar surface area (TPSA) is 81.0 Å². The molecule has 1 aliphatic heterocycles. The summed E-state index contributed by atoms with van der Waals surface area (Å²) in [4.78, 5) is 24.7. The Morgan fingerprint density at radius 2 is 2.33 bits per heavy atom. The standard InChI is InChI=1S/C14H18N2O5/c1-3-7-21-14(19)16-6-8-20-9-12(16)10-4-5-11(13(17)18)15(10)2/h3-5,12H,1,6-9H2,2H3,(H,17,18). The molecule has 0 aromatic carbocycles. The maximum Gasteiger partial charge on any atom is 0.410 e. The van der Waals surface area contributed by atoms with Crippen molar-refractivity contribution in [1.82, 2.24) is 9.47 Å². The van der Waals surface area contributed by atoms with E-state index in [1.807, 2.05) is 0 Å². The van der Waals surface area contributed by atoms with E-state index in [0.29, 0.717) is 25.5 Å². The molecule has 1 amide bonds. The van der Waals surface area contributed by atoms with Crippen molar-refractivity contribution >= 4 is 12.1 Å². The van der Waals surface area contributed by atoms with Crippen LogP contribution in [0.5, 0.6) is 0 Å². The Bertz CT molecular complexity index is 552. The third kappa shape index (κ3) is 3.08. The van der Waals surface area contributed by atoms with Crippen LogP contribution in [-0.4, -0.2) is 53.0 Å². The zero-order valence-electron chi connectivity index (χ0n) is 11.8. The molecule has 0 saturated carbocycles. The first-order chi connectivity index (χ1) is 10.1. The second kappa shape index (κ2) is 6.45. The molecular weight excluding hydrogens is 276 g/mol. The van der Waals surface area contributed by atoms with Crippen molar-refractivity contribution in [2.24, 2.45) is 7.05 Å². The summed E-state index contributed by atoms with van der Waals surface area (Å²) in [5.41, 5.74) is 0.859. The number of ether oxygens (including phenoxy) is 2. The Kier molecular flexibility index (Phi) is 4.64. The normalized spacial score (nSPS) is 18.3. The van der Waals surface area contributed by atoms with E-state index in [-0.39, 0.29) is 18.3 Å². The van der Waals surface area contributed by atoms with Crippen LogP contribution in [0.3, 0.4) is 0 Å². The molecule has 7 nitrogen and oxygen atoms in total. The Balaban J connectivity index is 2.24. The average molecular weight is 294 g/mol. The molecule has 2 rings (SSSR count). The molecule has 1 fully saturated rings. The fourth-order valence-electron chi connectivity index (χ4n) is 2.36. The van der Waals surface area contributed by atoms with Crippen LogP contribution in [0.25, 0.3) is 0 Å². The lowest BCUT2D eigenvalue weighted by Crippen LogP contribution is -2.44. The zero-order chi connectivity index (χ0) is 15.4. The van der Waals surface area contributed by atoms with Gasteiger partial charge in [-0.3, -0.25) is 4.90 Å². The minimum absolute atomic E-state index is 0.135. The molecule has 0 bridgehead atoms. The van der Waals surface area contributed by atoms with Crippen LogP contribution in [0.1, 0.15) is 22.2 Å². The number of amides is 1. The lowest BCUT2D eigenvalue weighted by molar-refractivity contribution is -0.00993. The Morgan fingerprint density at radius 1 is 1.57 bits per heavy atom. The summed E-state index contributed by atoms with van der Waals surface area (Å²) in [5.74, 6) is -1.01. The molecule has 1 unspecified atom stereocenters. The smallest absolute Gasteiger partial charge is 0.410 e. The maximum atomic E-state index is 12.1. The van der Waals surface area contributed by atoms with Crippen LogP contribution < -0.4 is 0 Å². The number of hydrogen-bond acceptors (Lipinski definition) is 4. The largest absolute Gasteiger partial charge is 0.477 e. The molecule has 1 aromatic heterocycles. The lowest BCUT2D eigenvalue weighted by Gasteiger charge is -2.35. The van der Waals surface area contributed by atoms with Gasteiger partial charge in [-0.25, -0.2) is 9.59 Å². The Labute approximate surface area is 122 Å². The molecule has 2 heterocycles. The van der Waals surface area contributed by atoms with Crippen LogP contribution in [0, 0.1) is 0 Å². The highest BCUT2D eigenvalue weighted by molar-refractivity contribution is 5.86. The minimum atomic E-state index is -1.01. The number of aromatic carboxylic acids is 1. The van der Waals surface area contributed by atoms with Crippen LogP contribution in [0.4, 0.5) is 4.79 Å². The van der Waals surface area contributed by atoms with Gasteiger partial charge in [0.1, 0.15) is 12.3 Å².